The quantitative estimate of drug-likeness (QED) is 0.218. The predicted molar refractivity (Wildman–Crippen MR) is 142 cm³/mol. The number of allylic oxidation sites excluding steroid dienone is 2. The molecule has 0 saturated carbocycles. The molecular formula is C31H42N2. The van der Waals surface area contributed by atoms with E-state index in [2.05, 4.69) is 76.2 Å². The Morgan fingerprint density at radius 3 is 1.67 bits per heavy atom. The van der Waals surface area contributed by atoms with Crippen LogP contribution in [0.3, 0.4) is 0 Å². The lowest BCUT2D eigenvalue weighted by Crippen LogP contribution is -2.03. The molecule has 1 heterocycles. The van der Waals surface area contributed by atoms with Crippen LogP contribution in [0.2, 0.25) is 0 Å². The number of hydrogen-bond acceptors (Lipinski definition) is 0. The monoisotopic (exact) mass is 442 g/mol. The molecule has 1 aliphatic rings. The maximum Gasteiger partial charge on any atom is 0.211 e. The highest BCUT2D eigenvalue weighted by Gasteiger charge is 2.32. The Kier molecular flexibility index (Phi) is 9.66. The first-order valence-electron chi connectivity index (χ1n) is 13.2. The van der Waals surface area contributed by atoms with Gasteiger partial charge in [0.2, 0.25) is 11.4 Å². The molecular weight excluding hydrogens is 400 g/mol. The molecule has 0 saturated heterocycles. The van der Waals surface area contributed by atoms with Gasteiger partial charge < -0.3 is 5.53 Å². The molecule has 3 rings (SSSR count). The predicted octanol–water partition coefficient (Wildman–Crippen LogP) is 9.53. The van der Waals surface area contributed by atoms with Gasteiger partial charge in [-0.2, -0.15) is 0 Å². The third-order valence-corrected chi connectivity index (χ3v) is 6.91. The van der Waals surface area contributed by atoms with Crippen LogP contribution < -0.4 is 0 Å². The molecule has 0 aliphatic carbocycles. The summed E-state index contributed by atoms with van der Waals surface area (Å²) in [6.07, 6.45) is 13.3. The average molecular weight is 443 g/mol. The first-order valence-corrected chi connectivity index (χ1v) is 13.2. The third kappa shape index (κ3) is 6.31. The zero-order valence-electron chi connectivity index (χ0n) is 21.3. The number of benzene rings is 2. The van der Waals surface area contributed by atoms with Crippen LogP contribution >= 0.6 is 0 Å². The summed E-state index contributed by atoms with van der Waals surface area (Å²) >= 11 is 0. The Balaban J connectivity index is 1.83. The third-order valence-electron chi connectivity index (χ3n) is 6.91. The molecule has 0 amide bonds. The van der Waals surface area contributed by atoms with Crippen molar-refractivity contribution in [3.05, 3.63) is 87.5 Å². The lowest BCUT2D eigenvalue weighted by molar-refractivity contribution is -0.345. The van der Waals surface area contributed by atoms with Gasteiger partial charge in [-0.1, -0.05) is 83.6 Å². The molecule has 2 heteroatoms. The highest BCUT2D eigenvalue weighted by atomic mass is 15.2. The molecule has 0 spiro atoms. The van der Waals surface area contributed by atoms with Crippen molar-refractivity contribution in [3.63, 3.8) is 0 Å². The summed E-state index contributed by atoms with van der Waals surface area (Å²) in [5.74, 6) is 0. The molecule has 1 aliphatic heterocycles. The minimum absolute atomic E-state index is 0.902. The van der Waals surface area contributed by atoms with E-state index in [-0.39, 0.29) is 0 Å². The van der Waals surface area contributed by atoms with Crippen LogP contribution in [-0.4, -0.2) is 4.70 Å². The SMILES string of the molecule is CCCCCCc1cccc(C2=C(C)C(CC)=C(c3cccc(CCCCCC)c3)[N+]2=[N-])c1. The molecule has 176 valence electrons. The highest BCUT2D eigenvalue weighted by molar-refractivity contribution is 5.81. The van der Waals surface area contributed by atoms with Crippen LogP contribution in [0.5, 0.6) is 0 Å². The average Bonchev–Trinajstić information content (AvgIpc) is 3.09. The summed E-state index contributed by atoms with van der Waals surface area (Å²) in [4.78, 5) is 0. The molecule has 0 atom stereocenters. The smallest absolute Gasteiger partial charge is 0.211 e. The van der Waals surface area contributed by atoms with Gasteiger partial charge in [0.05, 0.1) is 0 Å². The van der Waals surface area contributed by atoms with E-state index < -0.39 is 0 Å². The Morgan fingerprint density at radius 1 is 0.667 bits per heavy atom. The standard InChI is InChI=1S/C31H42N2/c1-5-8-10-12-16-25-18-14-20-27(22-25)30-24(4)29(7-3)31(33(30)32)28-21-15-19-26(23-28)17-13-11-9-6-2/h14-15,18-23H,5-13,16-17H2,1-4H3. The number of nitrogens with zero attached hydrogens (tertiary/aromatic N) is 2. The van der Waals surface area contributed by atoms with Crippen LogP contribution in [0, 0.1) is 0 Å². The lowest BCUT2D eigenvalue weighted by atomic mass is 9.97. The Labute approximate surface area is 201 Å². The normalized spacial score (nSPS) is 14.0. The molecule has 0 radical (unpaired) electrons. The van der Waals surface area contributed by atoms with Gasteiger partial charge in [0, 0.05) is 22.3 Å². The molecule has 0 fully saturated rings. The fourth-order valence-corrected chi connectivity index (χ4v) is 5.05. The molecule has 0 aromatic heterocycles. The number of aryl methyl sites for hydroxylation is 2. The maximum absolute atomic E-state index is 11.4. The van der Waals surface area contributed by atoms with Gasteiger partial charge in [-0.05, 0) is 74.4 Å². The van der Waals surface area contributed by atoms with E-state index in [1.54, 1.807) is 0 Å². The van der Waals surface area contributed by atoms with Gasteiger partial charge in [-0.25, -0.2) is 4.70 Å². The fraction of sp³-hybridized carbons (Fsp3) is 0.484. The second kappa shape index (κ2) is 12.7. The summed E-state index contributed by atoms with van der Waals surface area (Å²) < 4.78 is 1.46. The summed E-state index contributed by atoms with van der Waals surface area (Å²) in [6, 6.07) is 17.6. The summed E-state index contributed by atoms with van der Waals surface area (Å²) in [6.45, 7) is 8.86. The van der Waals surface area contributed by atoms with Crippen LogP contribution in [-0.2, 0) is 12.8 Å². The highest BCUT2D eigenvalue weighted by Crippen LogP contribution is 2.41. The molecule has 0 unspecified atom stereocenters. The second-order valence-electron chi connectivity index (χ2n) is 9.49. The van der Waals surface area contributed by atoms with Gasteiger partial charge >= 0.3 is 0 Å². The van der Waals surface area contributed by atoms with Crippen LogP contribution in [0.4, 0.5) is 0 Å². The van der Waals surface area contributed by atoms with Crippen molar-refractivity contribution in [3.8, 4) is 0 Å². The van der Waals surface area contributed by atoms with Gasteiger partial charge in [-0.3, -0.25) is 0 Å². The van der Waals surface area contributed by atoms with Gasteiger partial charge in [0.15, 0.2) is 0 Å². The zero-order valence-corrected chi connectivity index (χ0v) is 21.3. The van der Waals surface area contributed by atoms with Crippen LogP contribution in [0.25, 0.3) is 16.9 Å². The van der Waals surface area contributed by atoms with E-state index in [0.717, 1.165) is 41.8 Å². The Bertz CT molecular complexity index is 1010. The molecule has 0 N–H and O–H groups in total. The van der Waals surface area contributed by atoms with Crippen molar-refractivity contribution in [2.45, 2.75) is 98.3 Å². The second-order valence-corrected chi connectivity index (χ2v) is 9.49. The fourth-order valence-electron chi connectivity index (χ4n) is 5.05. The first kappa shape index (κ1) is 25.1. The van der Waals surface area contributed by atoms with E-state index in [0.29, 0.717) is 0 Å². The van der Waals surface area contributed by atoms with Crippen molar-refractivity contribution in [1.82, 2.24) is 0 Å². The Hall–Kier alpha value is -2.48. The van der Waals surface area contributed by atoms with Gasteiger partial charge in [-0.15, -0.1) is 0 Å². The van der Waals surface area contributed by atoms with E-state index >= 15 is 0 Å². The molecule has 2 aromatic carbocycles. The molecule has 0 bridgehead atoms. The van der Waals surface area contributed by atoms with Gasteiger partial charge in [0.25, 0.3) is 0 Å². The van der Waals surface area contributed by atoms with Crippen molar-refractivity contribution in [2.24, 2.45) is 0 Å². The maximum atomic E-state index is 11.4. The van der Waals surface area contributed by atoms with Crippen molar-refractivity contribution < 1.29 is 4.70 Å². The summed E-state index contributed by atoms with van der Waals surface area (Å²) in [5.41, 5.74) is 20.7. The van der Waals surface area contributed by atoms with Crippen LogP contribution in [0.1, 0.15) is 108 Å². The lowest BCUT2D eigenvalue weighted by Gasteiger charge is -2.11. The molecule has 33 heavy (non-hydrogen) atoms. The van der Waals surface area contributed by atoms with Crippen LogP contribution in [0.15, 0.2) is 59.7 Å². The minimum atomic E-state index is 0.902. The van der Waals surface area contributed by atoms with Crippen molar-refractivity contribution in [1.29, 1.82) is 0 Å². The largest absolute Gasteiger partial charge is 0.493 e. The summed E-state index contributed by atoms with van der Waals surface area (Å²) in [7, 11) is 0. The van der Waals surface area contributed by atoms with E-state index in [4.69, 9.17) is 0 Å². The zero-order chi connectivity index (χ0) is 23.6. The topological polar surface area (TPSA) is 25.3 Å². The van der Waals surface area contributed by atoms with E-state index in [1.165, 1.54) is 78.3 Å². The summed E-state index contributed by atoms with van der Waals surface area (Å²) in [5, 5.41) is 0. The number of hydrogen-bond donors (Lipinski definition) is 0. The van der Waals surface area contributed by atoms with Crippen molar-refractivity contribution in [2.75, 3.05) is 0 Å². The van der Waals surface area contributed by atoms with Crippen molar-refractivity contribution >= 4 is 11.4 Å². The number of rotatable bonds is 13. The Morgan fingerprint density at radius 2 is 1.18 bits per heavy atom. The first-order chi connectivity index (χ1) is 16.1. The molecule has 2 nitrogen and oxygen atoms in total. The van der Waals surface area contributed by atoms with E-state index in [9.17, 15) is 5.53 Å². The molecule has 2 aromatic rings. The van der Waals surface area contributed by atoms with Gasteiger partial charge in [0.1, 0.15) is 0 Å². The van der Waals surface area contributed by atoms with E-state index in [1.807, 2.05) is 0 Å². The number of unbranched alkanes of at least 4 members (excludes halogenated alkanes) is 6. The minimum Gasteiger partial charge on any atom is -0.493 e.